The minimum Gasteiger partial charge on any atom is -0.497 e. The molecule has 0 amide bonds. The summed E-state index contributed by atoms with van der Waals surface area (Å²) in [6.45, 7) is 3.50. The number of rotatable bonds is 7. The predicted molar refractivity (Wildman–Crippen MR) is 99.2 cm³/mol. The molecule has 0 aliphatic carbocycles. The molecule has 0 atom stereocenters. The third-order valence-electron chi connectivity index (χ3n) is 4.22. The molecule has 2 aromatic carbocycles. The van der Waals surface area contributed by atoms with Crippen LogP contribution in [0.1, 0.15) is 17.0 Å². The number of hydrogen-bond donors (Lipinski definition) is 0. The Kier molecular flexibility index (Phi) is 5.53. The fourth-order valence-electron chi connectivity index (χ4n) is 2.78. The van der Waals surface area contributed by atoms with Crippen LogP contribution in [0.2, 0.25) is 0 Å². The van der Waals surface area contributed by atoms with E-state index in [1.807, 2.05) is 25.2 Å². The average Bonchev–Trinajstić information content (AvgIpc) is 3.11. The Labute approximate surface area is 153 Å². The zero-order chi connectivity index (χ0) is 18.5. The molecular weight excluding hydrogens is 330 g/mol. The van der Waals surface area contributed by atoms with Gasteiger partial charge in [0.1, 0.15) is 11.5 Å². The molecule has 1 heterocycles. The summed E-state index contributed by atoms with van der Waals surface area (Å²) in [4.78, 5) is 6.65. The van der Waals surface area contributed by atoms with E-state index < -0.39 is 0 Å². The van der Waals surface area contributed by atoms with Crippen molar-refractivity contribution < 1.29 is 14.0 Å². The smallest absolute Gasteiger partial charge is 0.241 e. The van der Waals surface area contributed by atoms with E-state index in [-0.39, 0.29) is 0 Å². The fraction of sp³-hybridized carbons (Fsp3) is 0.300. The van der Waals surface area contributed by atoms with Gasteiger partial charge in [0.2, 0.25) is 11.7 Å². The quantitative estimate of drug-likeness (QED) is 0.645. The van der Waals surface area contributed by atoms with E-state index in [1.165, 1.54) is 11.1 Å². The van der Waals surface area contributed by atoms with Crippen LogP contribution in [-0.2, 0) is 13.1 Å². The molecule has 6 nitrogen and oxygen atoms in total. The molecule has 3 aromatic rings. The normalized spacial score (nSPS) is 11.0. The molecule has 0 fully saturated rings. The highest BCUT2D eigenvalue weighted by atomic mass is 16.5. The molecule has 136 valence electrons. The lowest BCUT2D eigenvalue weighted by Crippen LogP contribution is -2.18. The van der Waals surface area contributed by atoms with Gasteiger partial charge in [-0.1, -0.05) is 29.4 Å². The molecule has 0 aliphatic rings. The van der Waals surface area contributed by atoms with E-state index >= 15 is 0 Å². The zero-order valence-electron chi connectivity index (χ0n) is 15.5. The Morgan fingerprint density at radius 2 is 1.85 bits per heavy atom. The van der Waals surface area contributed by atoms with Crippen LogP contribution < -0.4 is 9.47 Å². The lowest BCUT2D eigenvalue weighted by atomic mass is 10.1. The highest BCUT2D eigenvalue weighted by molar-refractivity contribution is 5.65. The lowest BCUT2D eigenvalue weighted by molar-refractivity contribution is 0.260. The van der Waals surface area contributed by atoms with Crippen molar-refractivity contribution in [2.45, 2.75) is 20.0 Å². The van der Waals surface area contributed by atoms with E-state index in [0.29, 0.717) is 29.8 Å². The summed E-state index contributed by atoms with van der Waals surface area (Å²) < 4.78 is 16.1. The van der Waals surface area contributed by atoms with Crippen molar-refractivity contribution in [3.8, 4) is 22.9 Å². The van der Waals surface area contributed by atoms with Crippen LogP contribution in [0.3, 0.4) is 0 Å². The third-order valence-corrected chi connectivity index (χ3v) is 4.22. The predicted octanol–water partition coefficient (Wildman–Crippen LogP) is 3.69. The lowest BCUT2D eigenvalue weighted by Gasteiger charge is -2.15. The average molecular weight is 353 g/mol. The van der Waals surface area contributed by atoms with Crippen LogP contribution in [0.4, 0.5) is 0 Å². The Bertz CT molecular complexity index is 876. The molecule has 0 aliphatic heterocycles. The molecule has 0 unspecified atom stereocenters. The SMILES string of the molecule is COc1ccc(-c2noc(CN(C)Cc3ccccc3C)n2)c(OC)c1. The second kappa shape index (κ2) is 8.01. The number of hydrogen-bond acceptors (Lipinski definition) is 6. The summed E-state index contributed by atoms with van der Waals surface area (Å²) in [6, 6.07) is 13.9. The molecule has 1 aromatic heterocycles. The summed E-state index contributed by atoms with van der Waals surface area (Å²) in [5.41, 5.74) is 3.32. The molecular formula is C20H23N3O3. The first-order chi connectivity index (χ1) is 12.6. The molecule has 0 N–H and O–H groups in total. The van der Waals surface area contributed by atoms with Crippen LogP contribution >= 0.6 is 0 Å². The molecule has 6 heteroatoms. The van der Waals surface area contributed by atoms with Gasteiger partial charge in [-0.05, 0) is 37.2 Å². The van der Waals surface area contributed by atoms with E-state index in [9.17, 15) is 0 Å². The van der Waals surface area contributed by atoms with Gasteiger partial charge in [-0.2, -0.15) is 4.98 Å². The summed E-state index contributed by atoms with van der Waals surface area (Å²) >= 11 is 0. The maximum atomic E-state index is 5.42. The maximum absolute atomic E-state index is 5.42. The van der Waals surface area contributed by atoms with Crippen LogP contribution in [0.25, 0.3) is 11.4 Å². The minimum atomic E-state index is 0.504. The van der Waals surface area contributed by atoms with Crippen molar-refractivity contribution in [3.05, 3.63) is 59.5 Å². The molecule has 26 heavy (non-hydrogen) atoms. The highest BCUT2D eigenvalue weighted by Gasteiger charge is 2.15. The maximum Gasteiger partial charge on any atom is 0.241 e. The standard InChI is InChI=1S/C20H23N3O3/c1-14-7-5-6-8-15(14)12-23(2)13-19-21-20(22-26-19)17-10-9-16(24-3)11-18(17)25-4/h5-11H,12-13H2,1-4H3. The van der Waals surface area contributed by atoms with Crippen LogP contribution in [0, 0.1) is 6.92 Å². The molecule has 0 saturated carbocycles. The highest BCUT2D eigenvalue weighted by Crippen LogP contribution is 2.31. The van der Waals surface area contributed by atoms with Crippen LogP contribution in [-0.4, -0.2) is 36.3 Å². The van der Waals surface area contributed by atoms with Crippen LogP contribution in [0.15, 0.2) is 47.0 Å². The van der Waals surface area contributed by atoms with Gasteiger partial charge in [0, 0.05) is 12.6 Å². The van der Waals surface area contributed by atoms with Gasteiger partial charge in [-0.3, -0.25) is 4.90 Å². The number of ether oxygens (including phenoxy) is 2. The zero-order valence-corrected chi connectivity index (χ0v) is 15.5. The Morgan fingerprint density at radius 3 is 2.58 bits per heavy atom. The summed E-state index contributed by atoms with van der Waals surface area (Å²) in [7, 11) is 5.25. The molecule has 0 spiro atoms. The Morgan fingerprint density at radius 1 is 1.04 bits per heavy atom. The van der Waals surface area contributed by atoms with E-state index in [4.69, 9.17) is 14.0 Å². The van der Waals surface area contributed by atoms with Crippen molar-refractivity contribution >= 4 is 0 Å². The van der Waals surface area contributed by atoms with Crippen molar-refractivity contribution in [2.24, 2.45) is 0 Å². The van der Waals surface area contributed by atoms with Crippen molar-refractivity contribution in [1.29, 1.82) is 0 Å². The second-order valence-corrected chi connectivity index (χ2v) is 6.18. The number of aryl methyl sites for hydroxylation is 1. The largest absolute Gasteiger partial charge is 0.497 e. The van der Waals surface area contributed by atoms with Crippen molar-refractivity contribution in [3.63, 3.8) is 0 Å². The number of aromatic nitrogens is 2. The molecule has 0 bridgehead atoms. The Balaban J connectivity index is 1.73. The first-order valence-corrected chi connectivity index (χ1v) is 8.38. The van der Waals surface area contributed by atoms with E-state index in [0.717, 1.165) is 12.1 Å². The summed E-state index contributed by atoms with van der Waals surface area (Å²) in [6.07, 6.45) is 0. The second-order valence-electron chi connectivity index (χ2n) is 6.18. The minimum absolute atomic E-state index is 0.504. The first kappa shape index (κ1) is 17.9. The summed E-state index contributed by atoms with van der Waals surface area (Å²) in [5, 5.41) is 4.09. The molecule has 0 radical (unpaired) electrons. The van der Waals surface area contributed by atoms with Crippen molar-refractivity contribution in [1.82, 2.24) is 15.0 Å². The summed E-state index contributed by atoms with van der Waals surface area (Å²) in [5.74, 6) is 2.43. The number of methoxy groups -OCH3 is 2. The van der Waals surface area contributed by atoms with Gasteiger partial charge < -0.3 is 14.0 Å². The van der Waals surface area contributed by atoms with Gasteiger partial charge >= 0.3 is 0 Å². The Hall–Kier alpha value is -2.86. The van der Waals surface area contributed by atoms with E-state index in [1.54, 1.807) is 20.3 Å². The topological polar surface area (TPSA) is 60.6 Å². The monoisotopic (exact) mass is 353 g/mol. The van der Waals surface area contributed by atoms with Crippen molar-refractivity contribution in [2.75, 3.05) is 21.3 Å². The molecule has 3 rings (SSSR count). The van der Waals surface area contributed by atoms with Gasteiger partial charge in [-0.25, -0.2) is 0 Å². The number of benzene rings is 2. The first-order valence-electron chi connectivity index (χ1n) is 8.38. The van der Waals surface area contributed by atoms with Gasteiger partial charge in [-0.15, -0.1) is 0 Å². The number of nitrogens with zero attached hydrogens (tertiary/aromatic N) is 3. The van der Waals surface area contributed by atoms with Gasteiger partial charge in [0.15, 0.2) is 0 Å². The van der Waals surface area contributed by atoms with E-state index in [2.05, 4.69) is 40.2 Å². The van der Waals surface area contributed by atoms with Gasteiger partial charge in [0.05, 0.1) is 26.3 Å². The molecule has 0 saturated heterocycles. The van der Waals surface area contributed by atoms with Crippen LogP contribution in [0.5, 0.6) is 11.5 Å². The third kappa shape index (κ3) is 4.03. The fourth-order valence-corrected chi connectivity index (χ4v) is 2.78. The van der Waals surface area contributed by atoms with Gasteiger partial charge in [0.25, 0.3) is 0 Å².